The number of hydrogen-bond donors (Lipinski definition) is 0. The summed E-state index contributed by atoms with van der Waals surface area (Å²) in [6, 6.07) is 16.2. The summed E-state index contributed by atoms with van der Waals surface area (Å²) in [4.78, 5) is 17.9. The van der Waals surface area contributed by atoms with Crippen molar-refractivity contribution in [1.29, 1.82) is 0 Å². The van der Waals surface area contributed by atoms with Gasteiger partial charge in [0.25, 0.3) is 15.9 Å². The summed E-state index contributed by atoms with van der Waals surface area (Å²) in [6.07, 6.45) is 4.35. The molecule has 1 amide bonds. The molecule has 0 unspecified atom stereocenters. The van der Waals surface area contributed by atoms with Crippen LogP contribution in [-0.4, -0.2) is 49.8 Å². The van der Waals surface area contributed by atoms with Crippen molar-refractivity contribution in [3.63, 3.8) is 0 Å². The lowest BCUT2D eigenvalue weighted by molar-refractivity contribution is 0.0686. The van der Waals surface area contributed by atoms with Crippen LogP contribution in [0, 0.1) is 5.92 Å². The molecule has 0 atom stereocenters. The van der Waals surface area contributed by atoms with Gasteiger partial charge in [-0.2, -0.15) is 0 Å². The maximum Gasteiger partial charge on any atom is 0.257 e. The topological polar surface area (TPSA) is 70.0 Å². The molecule has 8 heteroatoms. The van der Waals surface area contributed by atoms with Crippen LogP contribution in [0.3, 0.4) is 0 Å². The van der Waals surface area contributed by atoms with Gasteiger partial charge in [-0.1, -0.05) is 30.3 Å². The number of carbonyl (C=O) groups is 1. The minimum atomic E-state index is -3.38. The van der Waals surface area contributed by atoms with Crippen molar-refractivity contribution in [2.24, 2.45) is 10.3 Å². The molecule has 1 fully saturated rings. The van der Waals surface area contributed by atoms with Crippen LogP contribution in [0.5, 0.6) is 0 Å². The predicted molar refractivity (Wildman–Crippen MR) is 124 cm³/mol. The number of benzene rings is 2. The van der Waals surface area contributed by atoms with Crippen LogP contribution in [0.2, 0.25) is 0 Å². The van der Waals surface area contributed by atoms with E-state index < -0.39 is 10.0 Å². The van der Waals surface area contributed by atoms with Gasteiger partial charge in [0.05, 0.1) is 11.4 Å². The smallest absolute Gasteiger partial charge is 0.257 e. The van der Waals surface area contributed by atoms with Crippen molar-refractivity contribution in [2.75, 3.05) is 30.3 Å². The molecule has 31 heavy (non-hydrogen) atoms. The van der Waals surface area contributed by atoms with Gasteiger partial charge in [-0.25, -0.2) is 8.42 Å². The number of likely N-dealkylation sites (tertiary alicyclic amines) is 1. The molecule has 1 saturated heterocycles. The highest BCUT2D eigenvalue weighted by Crippen LogP contribution is 2.42. The summed E-state index contributed by atoms with van der Waals surface area (Å²) in [5.74, 6) is 0.746. The van der Waals surface area contributed by atoms with Gasteiger partial charge in [0.15, 0.2) is 5.17 Å². The number of aryl methyl sites for hydroxylation is 1. The number of fused-ring (bicyclic) bond motifs is 3. The molecule has 6 nitrogen and oxygen atoms in total. The Labute approximate surface area is 187 Å². The van der Waals surface area contributed by atoms with Gasteiger partial charge in [-0.05, 0) is 67.1 Å². The molecular formula is C23H25N3O3S2. The lowest BCUT2D eigenvalue weighted by Crippen LogP contribution is -2.38. The van der Waals surface area contributed by atoms with Crippen molar-refractivity contribution in [3.05, 3.63) is 59.7 Å². The van der Waals surface area contributed by atoms with Crippen LogP contribution in [0.1, 0.15) is 35.2 Å². The van der Waals surface area contributed by atoms with Crippen molar-refractivity contribution in [3.8, 4) is 0 Å². The van der Waals surface area contributed by atoms with E-state index in [2.05, 4.69) is 28.7 Å². The van der Waals surface area contributed by atoms with E-state index in [0.717, 1.165) is 42.9 Å². The predicted octanol–water partition coefficient (Wildman–Crippen LogP) is 3.78. The second-order valence-corrected chi connectivity index (χ2v) is 11.1. The van der Waals surface area contributed by atoms with E-state index in [9.17, 15) is 13.2 Å². The largest absolute Gasteiger partial charge is 0.339 e. The van der Waals surface area contributed by atoms with Gasteiger partial charge >= 0.3 is 0 Å². The van der Waals surface area contributed by atoms with Crippen LogP contribution < -0.4 is 4.90 Å². The number of thioether (sulfide) groups is 1. The molecule has 0 spiro atoms. The first kappa shape index (κ1) is 20.6. The van der Waals surface area contributed by atoms with Gasteiger partial charge in [-0.3, -0.25) is 4.79 Å². The van der Waals surface area contributed by atoms with E-state index in [4.69, 9.17) is 0 Å². The maximum absolute atomic E-state index is 13.1. The third-order valence-electron chi connectivity index (χ3n) is 6.31. The Morgan fingerprint density at radius 3 is 2.61 bits per heavy atom. The number of carbonyl (C=O) groups excluding carboxylic acids is 1. The van der Waals surface area contributed by atoms with Crippen molar-refractivity contribution in [2.45, 2.75) is 30.6 Å². The zero-order valence-electron chi connectivity index (χ0n) is 17.2. The molecule has 0 radical (unpaired) electrons. The lowest BCUT2D eigenvalue weighted by atomic mass is 9.90. The molecule has 0 aromatic heterocycles. The van der Waals surface area contributed by atoms with Crippen molar-refractivity contribution >= 4 is 38.5 Å². The number of hydrogen-bond acceptors (Lipinski definition) is 5. The molecule has 0 saturated carbocycles. The molecule has 3 aliphatic rings. The molecule has 3 aliphatic heterocycles. The Kier molecular flexibility index (Phi) is 5.52. The van der Waals surface area contributed by atoms with Crippen LogP contribution in [0.4, 0.5) is 5.69 Å². The van der Waals surface area contributed by atoms with Crippen LogP contribution >= 0.6 is 11.8 Å². The molecule has 0 N–H and O–H groups in total. The van der Waals surface area contributed by atoms with Gasteiger partial charge < -0.3 is 9.80 Å². The van der Waals surface area contributed by atoms with Gasteiger partial charge in [0.1, 0.15) is 0 Å². The van der Waals surface area contributed by atoms with E-state index in [1.807, 2.05) is 34.1 Å². The zero-order chi connectivity index (χ0) is 21.4. The quantitative estimate of drug-likeness (QED) is 0.702. The summed E-state index contributed by atoms with van der Waals surface area (Å²) in [5, 5.41) is 0.491. The Morgan fingerprint density at radius 2 is 1.84 bits per heavy atom. The zero-order valence-corrected chi connectivity index (χ0v) is 18.9. The van der Waals surface area contributed by atoms with E-state index in [0.29, 0.717) is 23.2 Å². The third-order valence-corrected chi connectivity index (χ3v) is 8.61. The monoisotopic (exact) mass is 455 g/mol. The van der Waals surface area contributed by atoms with Gasteiger partial charge in [0.2, 0.25) is 0 Å². The minimum Gasteiger partial charge on any atom is -0.339 e. The van der Waals surface area contributed by atoms with Gasteiger partial charge in [0, 0.05) is 30.1 Å². The summed E-state index contributed by atoms with van der Waals surface area (Å²) in [6.45, 7) is 1.99. The highest BCUT2D eigenvalue weighted by Gasteiger charge is 2.34. The average Bonchev–Trinajstić information content (AvgIpc) is 3.13. The fourth-order valence-electron chi connectivity index (χ4n) is 4.49. The standard InChI is InChI=1S/C23H25N3O3S2/c27-22(25-12-10-18(11-13-25)7-6-17-4-2-1-3-5-17)19-8-9-20-21(16-19)30-23-24-31(28,29)15-14-26(20)23/h1-5,8-9,16,18H,6-7,10-15H2. The number of nitrogens with zero attached hydrogens (tertiary/aromatic N) is 3. The third kappa shape index (κ3) is 4.36. The Hall–Kier alpha value is -2.32. The normalized spacial score (nSPS) is 20.2. The average molecular weight is 456 g/mol. The first-order valence-electron chi connectivity index (χ1n) is 10.7. The van der Waals surface area contributed by atoms with E-state index >= 15 is 0 Å². The van der Waals surface area contributed by atoms with Crippen LogP contribution in [0.15, 0.2) is 57.8 Å². The molecule has 0 bridgehead atoms. The maximum atomic E-state index is 13.1. The number of amidine groups is 1. The molecule has 5 rings (SSSR count). The van der Waals surface area contributed by atoms with Crippen LogP contribution in [0.25, 0.3) is 0 Å². The summed E-state index contributed by atoms with van der Waals surface area (Å²) in [7, 11) is -3.38. The van der Waals surface area contributed by atoms with E-state index in [1.54, 1.807) is 0 Å². The summed E-state index contributed by atoms with van der Waals surface area (Å²) in [5.41, 5.74) is 2.98. The lowest BCUT2D eigenvalue weighted by Gasteiger charge is -2.32. The molecule has 0 aliphatic carbocycles. The second-order valence-electron chi connectivity index (χ2n) is 8.36. The first-order valence-corrected chi connectivity index (χ1v) is 13.2. The molecular weight excluding hydrogens is 430 g/mol. The molecule has 2 aromatic carbocycles. The number of sulfonamides is 1. The molecule has 3 heterocycles. The molecule has 162 valence electrons. The fraction of sp³-hybridized carbons (Fsp3) is 0.391. The van der Waals surface area contributed by atoms with E-state index in [-0.39, 0.29) is 11.7 Å². The van der Waals surface area contributed by atoms with Crippen molar-refractivity contribution in [1.82, 2.24) is 4.90 Å². The molecule has 2 aromatic rings. The Balaban J connectivity index is 1.21. The summed E-state index contributed by atoms with van der Waals surface area (Å²) >= 11 is 1.33. The first-order chi connectivity index (χ1) is 15.0. The second kappa shape index (κ2) is 8.31. The number of amides is 1. The fourth-order valence-corrected chi connectivity index (χ4v) is 6.78. The van der Waals surface area contributed by atoms with Crippen LogP contribution in [-0.2, 0) is 16.4 Å². The van der Waals surface area contributed by atoms with E-state index in [1.165, 1.54) is 23.7 Å². The number of piperidine rings is 1. The number of rotatable bonds is 4. The highest BCUT2D eigenvalue weighted by atomic mass is 32.2. The Morgan fingerprint density at radius 1 is 1.06 bits per heavy atom. The summed E-state index contributed by atoms with van der Waals surface area (Å²) < 4.78 is 27.5. The number of anilines is 1. The Bertz CT molecular complexity index is 1120. The highest BCUT2D eigenvalue weighted by molar-refractivity contribution is 8.15. The SMILES string of the molecule is O=C(c1ccc2c(c1)SC1=NS(=O)(=O)CCN12)N1CCC(CCc2ccccc2)CC1. The van der Waals surface area contributed by atoms with Crippen molar-refractivity contribution < 1.29 is 13.2 Å². The minimum absolute atomic E-state index is 0.0242. The van der Waals surface area contributed by atoms with Gasteiger partial charge in [-0.15, -0.1) is 4.40 Å².